The first kappa shape index (κ1) is 19.2. The molecule has 1 aromatic carbocycles. The smallest absolute Gasteiger partial charge is 0.410 e. The van der Waals surface area contributed by atoms with Gasteiger partial charge in [-0.25, -0.2) is 4.79 Å². The molecule has 5 nitrogen and oxygen atoms in total. The van der Waals surface area contributed by atoms with Crippen LogP contribution in [-0.2, 0) is 11.3 Å². The Morgan fingerprint density at radius 3 is 2.38 bits per heavy atom. The number of nitrogens with zero attached hydrogens (tertiary/aromatic N) is 3. The van der Waals surface area contributed by atoms with E-state index in [0.29, 0.717) is 0 Å². The van der Waals surface area contributed by atoms with Crippen LogP contribution in [0.25, 0.3) is 0 Å². The lowest BCUT2D eigenvalue weighted by atomic mass is 10.1. The van der Waals surface area contributed by atoms with Crippen LogP contribution in [0.15, 0.2) is 30.3 Å². The van der Waals surface area contributed by atoms with Crippen molar-refractivity contribution in [3.8, 4) is 0 Å². The molecule has 0 unspecified atom stereocenters. The average molecular weight is 360 g/mol. The lowest BCUT2D eigenvalue weighted by Gasteiger charge is -2.36. The van der Waals surface area contributed by atoms with Crippen molar-refractivity contribution in [2.45, 2.75) is 39.3 Å². The maximum absolute atomic E-state index is 12.2. The predicted octanol–water partition coefficient (Wildman–Crippen LogP) is 3.06. The van der Waals surface area contributed by atoms with Gasteiger partial charge in [0.25, 0.3) is 0 Å². The van der Waals surface area contributed by atoms with Crippen molar-refractivity contribution in [2.24, 2.45) is 5.92 Å². The van der Waals surface area contributed by atoms with Crippen LogP contribution >= 0.6 is 0 Å². The number of amides is 1. The second-order valence-corrected chi connectivity index (χ2v) is 8.64. The molecule has 0 spiro atoms. The molecule has 5 heteroatoms. The molecule has 2 saturated heterocycles. The van der Waals surface area contributed by atoms with Gasteiger partial charge in [-0.05, 0) is 45.2 Å². The molecular formula is C21H33N3O2. The molecule has 1 aromatic rings. The molecule has 0 saturated carbocycles. The lowest BCUT2D eigenvalue weighted by molar-refractivity contribution is 0.0134. The van der Waals surface area contributed by atoms with Crippen molar-refractivity contribution in [1.82, 2.24) is 14.7 Å². The first-order valence-corrected chi connectivity index (χ1v) is 9.85. The highest BCUT2D eigenvalue weighted by Gasteiger charge is 2.29. The van der Waals surface area contributed by atoms with E-state index in [1.807, 2.05) is 25.7 Å². The molecule has 2 fully saturated rings. The summed E-state index contributed by atoms with van der Waals surface area (Å²) in [5.74, 6) is 0.742. The summed E-state index contributed by atoms with van der Waals surface area (Å²) in [5, 5.41) is 0. The summed E-state index contributed by atoms with van der Waals surface area (Å²) < 4.78 is 5.48. The molecule has 0 N–H and O–H groups in total. The zero-order valence-corrected chi connectivity index (χ0v) is 16.5. The summed E-state index contributed by atoms with van der Waals surface area (Å²) >= 11 is 0. The summed E-state index contributed by atoms with van der Waals surface area (Å²) in [4.78, 5) is 19.1. The number of ether oxygens (including phenoxy) is 1. The molecule has 0 bridgehead atoms. The first-order chi connectivity index (χ1) is 12.4. The summed E-state index contributed by atoms with van der Waals surface area (Å²) in [6, 6.07) is 10.7. The van der Waals surface area contributed by atoms with Gasteiger partial charge in [0.2, 0.25) is 0 Å². The van der Waals surface area contributed by atoms with Gasteiger partial charge in [-0.15, -0.1) is 0 Å². The zero-order valence-electron chi connectivity index (χ0n) is 16.5. The second kappa shape index (κ2) is 8.40. The summed E-state index contributed by atoms with van der Waals surface area (Å²) in [6.45, 7) is 13.8. The van der Waals surface area contributed by atoms with Crippen LogP contribution in [0, 0.1) is 5.92 Å². The minimum absolute atomic E-state index is 0.174. The molecule has 0 radical (unpaired) electrons. The number of likely N-dealkylation sites (tertiary alicyclic amines) is 1. The van der Waals surface area contributed by atoms with Crippen molar-refractivity contribution in [3.05, 3.63) is 35.9 Å². The molecule has 2 aliphatic heterocycles. The summed E-state index contributed by atoms with van der Waals surface area (Å²) in [6.07, 6.45) is 1.10. The van der Waals surface area contributed by atoms with E-state index >= 15 is 0 Å². The van der Waals surface area contributed by atoms with Crippen LogP contribution in [0.5, 0.6) is 0 Å². The average Bonchev–Trinajstić information content (AvgIpc) is 3.02. The van der Waals surface area contributed by atoms with Gasteiger partial charge in [0.15, 0.2) is 0 Å². The third kappa shape index (κ3) is 5.71. The molecule has 3 rings (SSSR count). The monoisotopic (exact) mass is 359 g/mol. The van der Waals surface area contributed by atoms with Crippen LogP contribution in [-0.4, -0.2) is 72.2 Å². The molecule has 1 atom stereocenters. The molecule has 26 heavy (non-hydrogen) atoms. The Morgan fingerprint density at radius 2 is 1.73 bits per heavy atom. The van der Waals surface area contributed by atoms with E-state index in [4.69, 9.17) is 4.74 Å². The number of benzene rings is 1. The van der Waals surface area contributed by atoms with Crippen LogP contribution in [0.3, 0.4) is 0 Å². The maximum Gasteiger partial charge on any atom is 0.410 e. The predicted molar refractivity (Wildman–Crippen MR) is 104 cm³/mol. The third-order valence-corrected chi connectivity index (χ3v) is 5.16. The second-order valence-electron chi connectivity index (χ2n) is 8.64. The van der Waals surface area contributed by atoms with Crippen molar-refractivity contribution in [3.63, 3.8) is 0 Å². The van der Waals surface area contributed by atoms with Crippen LogP contribution in [0.4, 0.5) is 4.79 Å². The van der Waals surface area contributed by atoms with Gasteiger partial charge >= 0.3 is 6.09 Å². The Labute approximate surface area is 157 Å². The van der Waals surface area contributed by atoms with E-state index in [1.165, 1.54) is 25.1 Å². The zero-order chi connectivity index (χ0) is 18.6. The third-order valence-electron chi connectivity index (χ3n) is 5.16. The number of piperazine rings is 1. The van der Waals surface area contributed by atoms with Gasteiger partial charge in [0.1, 0.15) is 5.60 Å². The number of hydrogen-bond donors (Lipinski definition) is 0. The van der Waals surface area contributed by atoms with E-state index in [9.17, 15) is 4.79 Å². The van der Waals surface area contributed by atoms with E-state index in [0.717, 1.165) is 45.2 Å². The van der Waals surface area contributed by atoms with Crippen LogP contribution in [0.1, 0.15) is 32.8 Å². The topological polar surface area (TPSA) is 36.0 Å². The molecular weight excluding hydrogens is 326 g/mol. The highest BCUT2D eigenvalue weighted by molar-refractivity contribution is 5.68. The number of rotatable bonds is 4. The Morgan fingerprint density at radius 1 is 1.04 bits per heavy atom. The van der Waals surface area contributed by atoms with E-state index in [-0.39, 0.29) is 6.09 Å². The first-order valence-electron chi connectivity index (χ1n) is 9.85. The Kier molecular flexibility index (Phi) is 6.20. The standard InChI is InChI=1S/C21H33N3O2/c1-21(2,3)26-20(25)24-13-11-22(12-14-24)16-19-9-10-23(17-19)15-18-7-5-4-6-8-18/h4-8,19H,9-17H2,1-3H3/t19-/m0/s1. The number of carbonyl (C=O) groups is 1. The highest BCUT2D eigenvalue weighted by atomic mass is 16.6. The Hall–Kier alpha value is -1.59. The number of carbonyl (C=O) groups excluding carboxylic acids is 1. The van der Waals surface area contributed by atoms with Crippen molar-refractivity contribution >= 4 is 6.09 Å². The minimum atomic E-state index is -0.416. The van der Waals surface area contributed by atoms with Crippen molar-refractivity contribution in [2.75, 3.05) is 45.8 Å². The molecule has 2 aliphatic rings. The van der Waals surface area contributed by atoms with Crippen LogP contribution in [0.2, 0.25) is 0 Å². The van der Waals surface area contributed by atoms with Gasteiger partial charge in [-0.3, -0.25) is 9.80 Å². The van der Waals surface area contributed by atoms with Gasteiger partial charge in [-0.1, -0.05) is 30.3 Å². The van der Waals surface area contributed by atoms with Crippen molar-refractivity contribution < 1.29 is 9.53 Å². The number of hydrogen-bond acceptors (Lipinski definition) is 4. The summed E-state index contributed by atoms with van der Waals surface area (Å²) in [5.41, 5.74) is 0.986. The molecule has 1 amide bonds. The molecule has 0 aromatic heterocycles. The fourth-order valence-electron chi connectivity index (χ4n) is 3.85. The largest absolute Gasteiger partial charge is 0.444 e. The summed E-state index contributed by atoms with van der Waals surface area (Å²) in [7, 11) is 0. The van der Waals surface area contributed by atoms with E-state index in [2.05, 4.69) is 40.1 Å². The highest BCUT2D eigenvalue weighted by Crippen LogP contribution is 2.20. The van der Waals surface area contributed by atoms with Crippen LogP contribution < -0.4 is 0 Å². The van der Waals surface area contributed by atoms with E-state index in [1.54, 1.807) is 0 Å². The lowest BCUT2D eigenvalue weighted by Crippen LogP contribution is -2.51. The fourth-order valence-corrected chi connectivity index (χ4v) is 3.85. The van der Waals surface area contributed by atoms with Crippen molar-refractivity contribution in [1.29, 1.82) is 0 Å². The minimum Gasteiger partial charge on any atom is -0.444 e. The molecule has 144 valence electrons. The Balaban J connectivity index is 1.38. The SMILES string of the molecule is CC(C)(C)OC(=O)N1CCN(C[C@@H]2CCN(Cc3ccccc3)C2)CC1. The fraction of sp³-hybridized carbons (Fsp3) is 0.667. The van der Waals surface area contributed by atoms with Gasteiger partial charge < -0.3 is 9.64 Å². The Bertz CT molecular complexity index is 577. The molecule has 2 heterocycles. The quantitative estimate of drug-likeness (QED) is 0.828. The normalized spacial score (nSPS) is 22.6. The maximum atomic E-state index is 12.2. The van der Waals surface area contributed by atoms with Gasteiger partial charge in [0, 0.05) is 45.8 Å². The van der Waals surface area contributed by atoms with Gasteiger partial charge in [0.05, 0.1) is 0 Å². The molecule has 0 aliphatic carbocycles. The van der Waals surface area contributed by atoms with Gasteiger partial charge in [-0.2, -0.15) is 0 Å². The van der Waals surface area contributed by atoms with E-state index < -0.39 is 5.60 Å².